The smallest absolute Gasteiger partial charge is 0.123 e. The molecule has 1 saturated heterocycles. The zero-order valence-corrected chi connectivity index (χ0v) is 13.2. The molecule has 1 atom stereocenters. The molecule has 1 aliphatic heterocycles. The second kappa shape index (κ2) is 6.90. The largest absolute Gasteiger partial charge is 0.496 e. The maximum atomic E-state index is 5.55. The van der Waals surface area contributed by atoms with E-state index in [4.69, 9.17) is 4.74 Å². The van der Waals surface area contributed by atoms with Gasteiger partial charge >= 0.3 is 0 Å². The summed E-state index contributed by atoms with van der Waals surface area (Å²) in [6.07, 6.45) is 0. The van der Waals surface area contributed by atoms with Gasteiger partial charge in [0.1, 0.15) is 5.75 Å². The molecule has 0 amide bonds. The van der Waals surface area contributed by atoms with Gasteiger partial charge in [0, 0.05) is 37.4 Å². The average Bonchev–Trinajstić information content (AvgIpc) is 2.55. The highest BCUT2D eigenvalue weighted by Crippen LogP contribution is 2.30. The first kappa shape index (κ1) is 15.0. The van der Waals surface area contributed by atoms with Crippen molar-refractivity contribution in [1.82, 2.24) is 15.2 Å². The van der Waals surface area contributed by atoms with Crippen molar-refractivity contribution in [2.24, 2.45) is 0 Å². The van der Waals surface area contributed by atoms with E-state index in [1.807, 2.05) is 25.1 Å². The van der Waals surface area contributed by atoms with E-state index in [1.54, 1.807) is 7.11 Å². The molecule has 22 heavy (non-hydrogen) atoms. The van der Waals surface area contributed by atoms with Gasteiger partial charge in [-0.15, -0.1) is 0 Å². The summed E-state index contributed by atoms with van der Waals surface area (Å²) in [5.41, 5.74) is 3.44. The van der Waals surface area contributed by atoms with Crippen molar-refractivity contribution in [3.63, 3.8) is 0 Å². The minimum absolute atomic E-state index is 0.312. The topological polar surface area (TPSA) is 37.4 Å². The number of piperazine rings is 1. The van der Waals surface area contributed by atoms with Crippen LogP contribution in [-0.2, 0) is 6.54 Å². The van der Waals surface area contributed by atoms with E-state index in [2.05, 4.69) is 39.5 Å². The molecule has 4 nitrogen and oxygen atoms in total. The summed E-state index contributed by atoms with van der Waals surface area (Å²) >= 11 is 0. The van der Waals surface area contributed by atoms with E-state index in [0.717, 1.165) is 43.3 Å². The van der Waals surface area contributed by atoms with E-state index >= 15 is 0 Å². The molecule has 1 fully saturated rings. The van der Waals surface area contributed by atoms with E-state index < -0.39 is 0 Å². The van der Waals surface area contributed by atoms with Gasteiger partial charge in [-0.05, 0) is 25.1 Å². The lowest BCUT2D eigenvalue weighted by molar-refractivity contribution is 0.149. The lowest BCUT2D eigenvalue weighted by Gasteiger charge is -2.36. The van der Waals surface area contributed by atoms with Crippen molar-refractivity contribution < 1.29 is 4.74 Å². The van der Waals surface area contributed by atoms with Crippen LogP contribution in [0.4, 0.5) is 0 Å². The van der Waals surface area contributed by atoms with Crippen molar-refractivity contribution in [1.29, 1.82) is 0 Å². The third-order valence-corrected chi connectivity index (χ3v) is 4.16. The highest BCUT2D eigenvalue weighted by molar-refractivity contribution is 5.36. The number of nitrogens with one attached hydrogen (secondary N) is 1. The van der Waals surface area contributed by atoms with Gasteiger partial charge in [0.15, 0.2) is 0 Å². The fourth-order valence-electron chi connectivity index (χ4n) is 3.08. The van der Waals surface area contributed by atoms with Gasteiger partial charge < -0.3 is 10.1 Å². The minimum Gasteiger partial charge on any atom is -0.496 e. The molecular formula is C18H23N3O. The summed E-state index contributed by atoms with van der Waals surface area (Å²) in [6.45, 7) is 5.87. The van der Waals surface area contributed by atoms with Gasteiger partial charge in [-0.2, -0.15) is 0 Å². The Balaban J connectivity index is 1.85. The van der Waals surface area contributed by atoms with Gasteiger partial charge in [0.2, 0.25) is 0 Å². The number of aromatic nitrogens is 1. The monoisotopic (exact) mass is 297 g/mol. The van der Waals surface area contributed by atoms with Crippen LogP contribution in [0.2, 0.25) is 0 Å². The van der Waals surface area contributed by atoms with Crippen molar-refractivity contribution in [2.75, 3.05) is 26.7 Å². The number of hydrogen-bond acceptors (Lipinski definition) is 4. The van der Waals surface area contributed by atoms with Crippen LogP contribution in [-0.4, -0.2) is 36.6 Å². The van der Waals surface area contributed by atoms with Crippen LogP contribution in [0, 0.1) is 6.92 Å². The number of aryl methyl sites for hydroxylation is 1. The average molecular weight is 297 g/mol. The second-order valence-electron chi connectivity index (χ2n) is 5.70. The summed E-state index contributed by atoms with van der Waals surface area (Å²) in [4.78, 5) is 7.13. The fourth-order valence-corrected chi connectivity index (χ4v) is 3.08. The van der Waals surface area contributed by atoms with Crippen LogP contribution < -0.4 is 10.1 Å². The third kappa shape index (κ3) is 3.29. The molecule has 0 spiro atoms. The first-order chi connectivity index (χ1) is 10.8. The molecule has 0 unspecified atom stereocenters. The van der Waals surface area contributed by atoms with Gasteiger partial charge in [-0.3, -0.25) is 9.88 Å². The molecule has 1 N–H and O–H groups in total. The highest BCUT2D eigenvalue weighted by Gasteiger charge is 2.26. The van der Waals surface area contributed by atoms with Crippen LogP contribution in [0.15, 0.2) is 42.5 Å². The van der Waals surface area contributed by atoms with E-state index in [0.29, 0.717) is 6.04 Å². The standard InChI is InChI=1S/C18H23N3O/c1-14-6-5-7-15(20-14)13-21-11-10-19-12-17(21)16-8-3-4-9-18(16)22-2/h3-9,17,19H,10-13H2,1-2H3/t17-/m0/s1. The zero-order chi connectivity index (χ0) is 15.4. The Bertz CT molecular complexity index is 629. The Morgan fingerprint density at radius 2 is 2.09 bits per heavy atom. The summed E-state index contributed by atoms with van der Waals surface area (Å²) in [5, 5.41) is 3.49. The van der Waals surface area contributed by atoms with Gasteiger partial charge in [-0.25, -0.2) is 0 Å². The molecule has 116 valence electrons. The van der Waals surface area contributed by atoms with Crippen LogP contribution in [0.5, 0.6) is 5.75 Å². The van der Waals surface area contributed by atoms with Gasteiger partial charge in [-0.1, -0.05) is 24.3 Å². The predicted octanol–water partition coefficient (Wildman–Crippen LogP) is 2.55. The second-order valence-corrected chi connectivity index (χ2v) is 5.70. The number of hydrogen-bond donors (Lipinski definition) is 1. The molecule has 3 rings (SSSR count). The molecule has 0 aliphatic carbocycles. The summed E-state index contributed by atoms with van der Waals surface area (Å²) < 4.78 is 5.55. The van der Waals surface area contributed by atoms with Crippen molar-refractivity contribution in [2.45, 2.75) is 19.5 Å². The first-order valence-electron chi connectivity index (χ1n) is 7.78. The number of methoxy groups -OCH3 is 1. The summed E-state index contributed by atoms with van der Waals surface area (Å²) in [5.74, 6) is 0.957. The Morgan fingerprint density at radius 3 is 2.91 bits per heavy atom. The molecular weight excluding hydrogens is 274 g/mol. The Labute approximate surface area is 132 Å². The number of benzene rings is 1. The number of para-hydroxylation sites is 1. The molecule has 0 bridgehead atoms. The predicted molar refractivity (Wildman–Crippen MR) is 88.0 cm³/mol. The zero-order valence-electron chi connectivity index (χ0n) is 13.2. The SMILES string of the molecule is COc1ccccc1[C@@H]1CNCCN1Cc1cccc(C)n1. The molecule has 0 saturated carbocycles. The molecule has 1 aromatic carbocycles. The van der Waals surface area contributed by atoms with Crippen LogP contribution in [0.25, 0.3) is 0 Å². The van der Waals surface area contributed by atoms with Crippen molar-refractivity contribution in [3.05, 3.63) is 59.4 Å². The van der Waals surface area contributed by atoms with Crippen LogP contribution >= 0.6 is 0 Å². The van der Waals surface area contributed by atoms with E-state index in [1.165, 1.54) is 5.56 Å². The summed E-state index contributed by atoms with van der Waals surface area (Å²) in [6, 6.07) is 14.8. The molecule has 2 heterocycles. The van der Waals surface area contributed by atoms with E-state index in [9.17, 15) is 0 Å². The number of rotatable bonds is 4. The number of nitrogens with zero attached hydrogens (tertiary/aromatic N) is 2. The third-order valence-electron chi connectivity index (χ3n) is 4.16. The molecule has 1 aromatic heterocycles. The van der Waals surface area contributed by atoms with E-state index in [-0.39, 0.29) is 0 Å². The van der Waals surface area contributed by atoms with Gasteiger partial charge in [0.05, 0.1) is 18.8 Å². The lowest BCUT2D eigenvalue weighted by atomic mass is 10.0. The Hall–Kier alpha value is -1.91. The summed E-state index contributed by atoms with van der Waals surface area (Å²) in [7, 11) is 1.74. The molecule has 0 radical (unpaired) electrons. The Kier molecular flexibility index (Phi) is 4.71. The number of ether oxygens (including phenoxy) is 1. The minimum atomic E-state index is 0.312. The van der Waals surface area contributed by atoms with Crippen LogP contribution in [0.1, 0.15) is 23.0 Å². The normalized spacial score (nSPS) is 19.1. The Morgan fingerprint density at radius 1 is 1.23 bits per heavy atom. The molecule has 4 heteroatoms. The van der Waals surface area contributed by atoms with Crippen molar-refractivity contribution >= 4 is 0 Å². The van der Waals surface area contributed by atoms with Crippen LogP contribution in [0.3, 0.4) is 0 Å². The molecule has 1 aliphatic rings. The maximum Gasteiger partial charge on any atom is 0.123 e. The lowest BCUT2D eigenvalue weighted by Crippen LogP contribution is -2.45. The quantitative estimate of drug-likeness (QED) is 0.941. The first-order valence-corrected chi connectivity index (χ1v) is 7.78. The fraction of sp³-hybridized carbons (Fsp3) is 0.389. The maximum absolute atomic E-state index is 5.55. The highest BCUT2D eigenvalue weighted by atomic mass is 16.5. The van der Waals surface area contributed by atoms with Crippen molar-refractivity contribution in [3.8, 4) is 5.75 Å². The molecule has 2 aromatic rings. The van der Waals surface area contributed by atoms with Gasteiger partial charge in [0.25, 0.3) is 0 Å². The number of pyridine rings is 1.